The molecule has 6 nitrogen and oxygen atoms in total. The summed E-state index contributed by atoms with van der Waals surface area (Å²) in [6.07, 6.45) is 3.66. The Balaban J connectivity index is 1.11. The minimum absolute atomic E-state index is 0.501. The molecule has 4 aromatic heterocycles. The molecule has 0 saturated carbocycles. The fourth-order valence-electron chi connectivity index (χ4n) is 7.75. The van der Waals surface area contributed by atoms with E-state index in [1.807, 2.05) is 48.8 Å². The number of hydrogen-bond donors (Lipinski definition) is 0. The molecule has 0 spiro atoms. The van der Waals surface area contributed by atoms with Crippen molar-refractivity contribution in [3.05, 3.63) is 182 Å². The van der Waals surface area contributed by atoms with Gasteiger partial charge in [-0.25, -0.2) is 24.9 Å². The Bertz CT molecular complexity index is 3190. The molecule has 11 aromatic rings. The minimum atomic E-state index is 0.501. The lowest BCUT2D eigenvalue weighted by molar-refractivity contribution is 1.05. The zero-order valence-electron chi connectivity index (χ0n) is 29.9. The molecule has 0 N–H and O–H groups in total. The Labute approximate surface area is 326 Å². The van der Waals surface area contributed by atoms with Gasteiger partial charge in [-0.3, -0.25) is 0 Å². The summed E-state index contributed by atoms with van der Waals surface area (Å²) in [5.41, 5.74) is 8.90. The molecule has 0 saturated heterocycles. The van der Waals surface area contributed by atoms with Crippen LogP contribution >= 0.6 is 11.3 Å². The van der Waals surface area contributed by atoms with Gasteiger partial charge in [0.2, 0.25) is 0 Å². The molecule has 262 valence electrons. The molecule has 0 atom stereocenters. The van der Waals surface area contributed by atoms with Crippen molar-refractivity contribution < 1.29 is 0 Å². The molecular weight excluding hydrogens is 705 g/mol. The SMILES string of the molecule is c1ccc(-c2ccc(-c3nc(-c4ccccc4)nc(-c4cnc(-c5cccc6c5sc5ccccc56)nc4)n3)c(-n3c4ccccc4c4ccccc43)c2)cc1. The van der Waals surface area contributed by atoms with Crippen molar-refractivity contribution >= 4 is 53.3 Å². The zero-order chi connectivity index (χ0) is 37.0. The number of thiophene rings is 1. The topological polar surface area (TPSA) is 69.4 Å². The van der Waals surface area contributed by atoms with Gasteiger partial charge in [0.15, 0.2) is 23.3 Å². The molecule has 0 fully saturated rings. The number of para-hydroxylation sites is 2. The van der Waals surface area contributed by atoms with Gasteiger partial charge in [0.05, 0.1) is 22.3 Å². The Morgan fingerprint density at radius 1 is 0.375 bits per heavy atom. The van der Waals surface area contributed by atoms with E-state index in [4.69, 9.17) is 24.9 Å². The molecule has 0 radical (unpaired) electrons. The first-order valence-corrected chi connectivity index (χ1v) is 19.3. The van der Waals surface area contributed by atoms with E-state index in [0.29, 0.717) is 28.9 Å². The van der Waals surface area contributed by atoms with Gasteiger partial charge >= 0.3 is 0 Å². The molecule has 7 heteroatoms. The first-order chi connectivity index (χ1) is 27.8. The number of benzene rings is 7. The van der Waals surface area contributed by atoms with Gasteiger partial charge in [-0.05, 0) is 47.5 Å². The van der Waals surface area contributed by atoms with Crippen LogP contribution in [0.3, 0.4) is 0 Å². The Hall–Kier alpha value is -7.35. The highest BCUT2D eigenvalue weighted by Gasteiger charge is 2.21. The Morgan fingerprint density at radius 3 is 1.66 bits per heavy atom. The standard InChI is InChI=1S/C49H30N6S/c1-3-14-31(15-4-1)33-26-27-39(43(28-33)55-41-23-10-7-18-35(41)36-19-8-11-24-42(36)55)49-53-46(32-16-5-2-6-17-32)52-47(54-49)34-29-50-48(51-30-34)40-22-13-21-38-37-20-9-12-25-44(37)56-45(38)40/h1-30H. The fraction of sp³-hybridized carbons (Fsp3) is 0. The summed E-state index contributed by atoms with van der Waals surface area (Å²) >= 11 is 1.77. The zero-order valence-corrected chi connectivity index (χ0v) is 30.7. The van der Waals surface area contributed by atoms with Gasteiger partial charge < -0.3 is 4.57 Å². The van der Waals surface area contributed by atoms with E-state index < -0.39 is 0 Å². The minimum Gasteiger partial charge on any atom is -0.308 e. The number of aromatic nitrogens is 6. The van der Waals surface area contributed by atoms with Crippen molar-refractivity contribution in [3.63, 3.8) is 0 Å². The summed E-state index contributed by atoms with van der Waals surface area (Å²) in [4.78, 5) is 25.2. The van der Waals surface area contributed by atoms with E-state index in [9.17, 15) is 0 Å². The maximum atomic E-state index is 5.20. The van der Waals surface area contributed by atoms with Gasteiger partial charge in [-0.1, -0.05) is 133 Å². The van der Waals surface area contributed by atoms with Crippen LogP contribution < -0.4 is 0 Å². The molecule has 0 aliphatic carbocycles. The molecule has 0 unspecified atom stereocenters. The van der Waals surface area contributed by atoms with E-state index in [1.54, 1.807) is 11.3 Å². The maximum absolute atomic E-state index is 5.20. The highest BCUT2D eigenvalue weighted by Crippen LogP contribution is 2.40. The third kappa shape index (κ3) is 5.36. The largest absolute Gasteiger partial charge is 0.308 e. The number of rotatable bonds is 6. The number of fused-ring (bicyclic) bond motifs is 6. The lowest BCUT2D eigenvalue weighted by Crippen LogP contribution is -2.04. The average Bonchev–Trinajstić information content (AvgIpc) is 3.83. The van der Waals surface area contributed by atoms with Crippen LogP contribution in [0.4, 0.5) is 0 Å². The van der Waals surface area contributed by atoms with Crippen LogP contribution in [0.1, 0.15) is 0 Å². The first-order valence-electron chi connectivity index (χ1n) is 18.5. The third-order valence-corrected chi connectivity index (χ3v) is 11.6. The van der Waals surface area contributed by atoms with Crippen LogP contribution in [0.2, 0.25) is 0 Å². The van der Waals surface area contributed by atoms with Crippen molar-refractivity contribution in [1.29, 1.82) is 0 Å². The number of hydrogen-bond acceptors (Lipinski definition) is 6. The Kier molecular flexibility index (Phi) is 7.57. The summed E-state index contributed by atoms with van der Waals surface area (Å²) in [6.45, 7) is 0. The summed E-state index contributed by atoms with van der Waals surface area (Å²) < 4.78 is 4.76. The predicted molar refractivity (Wildman–Crippen MR) is 230 cm³/mol. The lowest BCUT2D eigenvalue weighted by atomic mass is 10.0. The van der Waals surface area contributed by atoms with Crippen LogP contribution in [-0.2, 0) is 0 Å². The smallest absolute Gasteiger partial charge is 0.167 e. The second-order valence-corrected chi connectivity index (χ2v) is 14.8. The lowest BCUT2D eigenvalue weighted by Gasteiger charge is -2.16. The van der Waals surface area contributed by atoms with Gasteiger partial charge in [-0.2, -0.15) is 0 Å². The summed E-state index contributed by atoms with van der Waals surface area (Å²) in [6, 6.07) is 59.1. The molecule has 0 aliphatic rings. The second kappa shape index (κ2) is 13.2. The molecule has 0 amide bonds. The second-order valence-electron chi connectivity index (χ2n) is 13.7. The quantitative estimate of drug-likeness (QED) is 0.170. The summed E-state index contributed by atoms with van der Waals surface area (Å²) in [5, 5.41) is 4.82. The Morgan fingerprint density at radius 2 is 0.946 bits per heavy atom. The van der Waals surface area contributed by atoms with E-state index in [-0.39, 0.29) is 0 Å². The van der Waals surface area contributed by atoms with E-state index >= 15 is 0 Å². The first kappa shape index (κ1) is 32.1. The monoisotopic (exact) mass is 734 g/mol. The maximum Gasteiger partial charge on any atom is 0.167 e. The molecule has 56 heavy (non-hydrogen) atoms. The molecule has 7 aromatic carbocycles. The van der Waals surface area contributed by atoms with Crippen molar-refractivity contribution in [2.24, 2.45) is 0 Å². The van der Waals surface area contributed by atoms with Crippen molar-refractivity contribution in [1.82, 2.24) is 29.5 Å². The van der Waals surface area contributed by atoms with Crippen LogP contribution in [0.15, 0.2) is 182 Å². The molecule has 11 rings (SSSR count). The highest BCUT2D eigenvalue weighted by atomic mass is 32.1. The van der Waals surface area contributed by atoms with Gasteiger partial charge in [0.25, 0.3) is 0 Å². The van der Waals surface area contributed by atoms with Gasteiger partial charge in [0.1, 0.15) is 0 Å². The van der Waals surface area contributed by atoms with E-state index in [2.05, 4.69) is 138 Å². The van der Waals surface area contributed by atoms with Crippen LogP contribution in [0.25, 0.3) is 104 Å². The highest BCUT2D eigenvalue weighted by molar-refractivity contribution is 7.26. The average molecular weight is 735 g/mol. The van der Waals surface area contributed by atoms with Crippen LogP contribution in [0, 0.1) is 0 Å². The predicted octanol–water partition coefficient (Wildman–Crippen LogP) is 12.5. The fourth-order valence-corrected chi connectivity index (χ4v) is 8.96. The van der Waals surface area contributed by atoms with Gasteiger partial charge in [-0.15, -0.1) is 11.3 Å². The van der Waals surface area contributed by atoms with Crippen LogP contribution in [-0.4, -0.2) is 29.5 Å². The molecule has 0 bridgehead atoms. The summed E-state index contributed by atoms with van der Waals surface area (Å²) in [7, 11) is 0. The number of nitrogens with zero attached hydrogens (tertiary/aromatic N) is 6. The normalized spacial score (nSPS) is 11.6. The molecular formula is C49H30N6S. The van der Waals surface area contributed by atoms with Gasteiger partial charge in [0, 0.05) is 60.0 Å². The van der Waals surface area contributed by atoms with E-state index in [0.717, 1.165) is 44.5 Å². The third-order valence-electron chi connectivity index (χ3n) is 10.4. The molecule has 0 aliphatic heterocycles. The van der Waals surface area contributed by atoms with Crippen molar-refractivity contribution in [2.75, 3.05) is 0 Å². The summed E-state index contributed by atoms with van der Waals surface area (Å²) in [5.74, 6) is 2.30. The molecule has 4 heterocycles. The van der Waals surface area contributed by atoms with Crippen molar-refractivity contribution in [3.8, 4) is 62.4 Å². The van der Waals surface area contributed by atoms with Crippen molar-refractivity contribution in [2.45, 2.75) is 0 Å². The van der Waals surface area contributed by atoms with Crippen LogP contribution in [0.5, 0.6) is 0 Å². The van der Waals surface area contributed by atoms with E-state index in [1.165, 1.54) is 30.9 Å².